The van der Waals surface area contributed by atoms with E-state index in [4.69, 9.17) is 19.7 Å². The van der Waals surface area contributed by atoms with Crippen LogP contribution < -0.4 is 0 Å². The van der Waals surface area contributed by atoms with Crippen molar-refractivity contribution in [3.8, 4) is 0 Å². The Hall–Kier alpha value is 0.518. The first-order chi connectivity index (χ1) is 5.97. The summed E-state index contributed by atoms with van der Waals surface area (Å²) in [6.45, 7) is 3.33. The maximum atomic E-state index is 10.2. The van der Waals surface area contributed by atoms with Crippen molar-refractivity contribution in [3.05, 3.63) is 0 Å². The second kappa shape index (κ2) is 8.80. The second-order valence-electron chi connectivity index (χ2n) is 2.33. The van der Waals surface area contributed by atoms with Gasteiger partial charge in [0, 0.05) is 31.5 Å². The van der Waals surface area contributed by atoms with Gasteiger partial charge in [-0.05, 0) is 13.8 Å². The van der Waals surface area contributed by atoms with Crippen molar-refractivity contribution in [2.75, 3.05) is 7.11 Å². The number of carbonyl (C=O) groups is 1. The summed E-state index contributed by atoms with van der Waals surface area (Å²) in [4.78, 5) is 10.2. The van der Waals surface area contributed by atoms with Crippen LogP contribution in [0.15, 0.2) is 0 Å². The smallest absolute Gasteiger partial charge is 0.343 e. The molecule has 0 aromatic rings. The van der Waals surface area contributed by atoms with Crippen molar-refractivity contribution in [2.45, 2.75) is 31.0 Å². The van der Waals surface area contributed by atoms with E-state index >= 15 is 0 Å². The third-order valence-corrected chi connectivity index (χ3v) is 2.20. The van der Waals surface area contributed by atoms with Crippen molar-refractivity contribution in [1.29, 1.82) is 0 Å². The van der Waals surface area contributed by atoms with E-state index in [2.05, 4.69) is 0 Å². The van der Waals surface area contributed by atoms with Crippen LogP contribution in [-0.2, 0) is 14.3 Å². The van der Waals surface area contributed by atoms with Gasteiger partial charge >= 0.3 is 5.97 Å². The molecule has 0 saturated carbocycles. The number of thioether (sulfide) groups is 1. The van der Waals surface area contributed by atoms with Crippen LogP contribution >= 0.6 is 11.8 Å². The van der Waals surface area contributed by atoms with Gasteiger partial charge in [0.1, 0.15) is 5.44 Å². The summed E-state index contributed by atoms with van der Waals surface area (Å²) in [6.07, 6.45) is -0.413. The Morgan fingerprint density at radius 3 is 2.29 bits per heavy atom. The number of rotatable bonds is 6. The first-order valence-corrected chi connectivity index (χ1v) is 4.66. The standard InChI is InChI=1S/C7H14O5S.Sb/c1-4(11-3)12-5(2)13-7(10)6(8)9;/h4-5,7,10H,1-3H3,(H,8,9);. The minimum Gasteiger partial charge on any atom is -0.479 e. The van der Waals surface area contributed by atoms with E-state index in [1.165, 1.54) is 7.11 Å². The molecule has 3 unspecified atom stereocenters. The fourth-order valence-corrected chi connectivity index (χ4v) is 1.30. The number of carboxylic acid groups (broad SMARTS) is 1. The summed E-state index contributed by atoms with van der Waals surface area (Å²) in [6, 6.07) is 0. The van der Waals surface area contributed by atoms with Gasteiger partial charge in [0.2, 0.25) is 0 Å². The van der Waals surface area contributed by atoms with E-state index in [-0.39, 0.29) is 24.4 Å². The molecule has 0 rings (SSSR count). The first-order valence-electron chi connectivity index (χ1n) is 3.72. The topological polar surface area (TPSA) is 76.0 Å². The summed E-state index contributed by atoms with van der Waals surface area (Å²) >= 11 is 0.805. The molecule has 2 N–H and O–H groups in total. The summed E-state index contributed by atoms with van der Waals surface area (Å²) in [5.74, 6) is -1.27. The summed E-state index contributed by atoms with van der Waals surface area (Å²) in [7, 11) is 1.48. The van der Waals surface area contributed by atoms with Gasteiger partial charge in [-0.25, -0.2) is 4.79 Å². The van der Waals surface area contributed by atoms with E-state index in [9.17, 15) is 4.79 Å². The molecule has 7 heteroatoms. The quantitative estimate of drug-likeness (QED) is 0.531. The molecule has 5 nitrogen and oxygen atoms in total. The molecule has 0 spiro atoms. The number of ether oxygens (including phenoxy) is 2. The van der Waals surface area contributed by atoms with Gasteiger partial charge in [-0.2, -0.15) is 0 Å². The van der Waals surface area contributed by atoms with Gasteiger partial charge in [0.05, 0.1) is 0 Å². The number of aliphatic hydroxyl groups is 1. The number of methoxy groups -OCH3 is 1. The molecular weight excluding hydrogens is 318 g/mol. The van der Waals surface area contributed by atoms with Gasteiger partial charge < -0.3 is 19.7 Å². The van der Waals surface area contributed by atoms with E-state index in [1.807, 2.05) is 0 Å². The summed E-state index contributed by atoms with van der Waals surface area (Å²) < 4.78 is 9.94. The normalized spacial score (nSPS) is 16.6. The van der Waals surface area contributed by atoms with Crippen LogP contribution in [0.4, 0.5) is 0 Å². The fourth-order valence-electron chi connectivity index (χ4n) is 0.597. The maximum absolute atomic E-state index is 10.2. The molecular formula is C7H14O5SSb. The summed E-state index contributed by atoms with van der Waals surface area (Å²) in [5.41, 5.74) is -1.89. The first kappa shape index (κ1) is 16.9. The van der Waals surface area contributed by atoms with Crippen LogP contribution in [-0.4, -0.2) is 64.9 Å². The Labute approximate surface area is 105 Å². The number of aliphatic hydroxyl groups excluding tert-OH is 1. The Morgan fingerprint density at radius 2 is 1.93 bits per heavy atom. The van der Waals surface area contributed by atoms with Crippen LogP contribution in [0.2, 0.25) is 0 Å². The van der Waals surface area contributed by atoms with Gasteiger partial charge in [0.25, 0.3) is 0 Å². The third-order valence-electron chi connectivity index (χ3n) is 1.25. The second-order valence-corrected chi connectivity index (χ2v) is 3.72. The van der Waals surface area contributed by atoms with E-state index < -0.39 is 23.1 Å². The maximum Gasteiger partial charge on any atom is 0.343 e. The molecule has 0 saturated heterocycles. The van der Waals surface area contributed by atoms with Crippen molar-refractivity contribution in [2.24, 2.45) is 0 Å². The Morgan fingerprint density at radius 1 is 1.43 bits per heavy atom. The molecule has 0 aromatic carbocycles. The van der Waals surface area contributed by atoms with Gasteiger partial charge in [-0.3, -0.25) is 0 Å². The largest absolute Gasteiger partial charge is 0.479 e. The molecule has 83 valence electrons. The molecule has 0 heterocycles. The molecule has 0 aliphatic heterocycles. The van der Waals surface area contributed by atoms with Gasteiger partial charge in [0.15, 0.2) is 11.7 Å². The minimum absolute atomic E-state index is 0. The molecule has 3 atom stereocenters. The zero-order valence-corrected chi connectivity index (χ0v) is 11.6. The molecule has 0 aliphatic carbocycles. The van der Waals surface area contributed by atoms with Crippen molar-refractivity contribution in [1.82, 2.24) is 0 Å². The minimum atomic E-state index is -1.46. The molecule has 14 heavy (non-hydrogen) atoms. The molecule has 3 radical (unpaired) electrons. The third kappa shape index (κ3) is 7.88. The predicted octanol–water partition coefficient (Wildman–Crippen LogP) is 0.0968. The van der Waals surface area contributed by atoms with Gasteiger partial charge in [-0.15, -0.1) is 0 Å². The average molecular weight is 332 g/mol. The van der Waals surface area contributed by atoms with Gasteiger partial charge in [-0.1, -0.05) is 11.8 Å². The number of hydrogen-bond donors (Lipinski definition) is 2. The monoisotopic (exact) mass is 331 g/mol. The Bertz CT molecular complexity index is 168. The van der Waals surface area contributed by atoms with Crippen LogP contribution in [0.5, 0.6) is 0 Å². The van der Waals surface area contributed by atoms with Crippen molar-refractivity contribution in [3.63, 3.8) is 0 Å². The van der Waals surface area contributed by atoms with Crippen molar-refractivity contribution >= 4 is 42.2 Å². The number of aliphatic carboxylic acids is 1. The molecule has 0 fully saturated rings. The van der Waals surface area contributed by atoms with E-state index in [0.29, 0.717) is 0 Å². The molecule has 0 amide bonds. The molecule has 0 aliphatic rings. The number of hydrogen-bond acceptors (Lipinski definition) is 5. The van der Waals surface area contributed by atoms with E-state index in [0.717, 1.165) is 11.8 Å². The summed E-state index contributed by atoms with van der Waals surface area (Å²) in [5, 5.41) is 17.3. The van der Waals surface area contributed by atoms with Crippen LogP contribution in [0.1, 0.15) is 13.8 Å². The predicted molar refractivity (Wildman–Crippen MR) is 54.0 cm³/mol. The van der Waals surface area contributed by atoms with Crippen LogP contribution in [0.25, 0.3) is 0 Å². The zero-order valence-electron chi connectivity index (χ0n) is 8.21. The molecule has 0 aromatic heterocycles. The Kier molecular flexibility index (Phi) is 10.6. The fraction of sp³-hybridized carbons (Fsp3) is 0.857. The van der Waals surface area contributed by atoms with Crippen LogP contribution in [0, 0.1) is 0 Å². The number of carboxylic acids is 1. The zero-order chi connectivity index (χ0) is 10.4. The van der Waals surface area contributed by atoms with Crippen LogP contribution in [0.3, 0.4) is 0 Å². The SMILES string of the molecule is COC(C)OC(C)SC(O)C(=O)O.[Sb]. The van der Waals surface area contributed by atoms with E-state index in [1.54, 1.807) is 13.8 Å². The Balaban J connectivity index is 0. The van der Waals surface area contributed by atoms with Crippen molar-refractivity contribution < 1.29 is 24.5 Å². The molecule has 0 bridgehead atoms. The average Bonchev–Trinajstić information content (AvgIpc) is 2.03.